The summed E-state index contributed by atoms with van der Waals surface area (Å²) in [6.45, 7) is 2.12. The van der Waals surface area contributed by atoms with Crippen LogP contribution in [0.5, 0.6) is 5.75 Å². The van der Waals surface area contributed by atoms with Gasteiger partial charge in [-0.2, -0.15) is 0 Å². The molecule has 4 nitrogen and oxygen atoms in total. The van der Waals surface area contributed by atoms with Gasteiger partial charge in [0.1, 0.15) is 11.4 Å². The molecule has 1 saturated carbocycles. The molecule has 1 atom stereocenters. The Labute approximate surface area is 164 Å². The molecular formula is C22H23ClN2O2. The van der Waals surface area contributed by atoms with Crippen LogP contribution in [-0.4, -0.2) is 23.6 Å². The fourth-order valence-corrected chi connectivity index (χ4v) is 4.14. The Balaban J connectivity index is 1.81. The summed E-state index contributed by atoms with van der Waals surface area (Å²) < 4.78 is 7.16. The van der Waals surface area contributed by atoms with E-state index in [2.05, 4.69) is 6.92 Å². The molecular weight excluding hydrogens is 360 g/mol. The second kappa shape index (κ2) is 6.93. The lowest BCUT2D eigenvalue weighted by atomic mass is 10.1. The summed E-state index contributed by atoms with van der Waals surface area (Å²) in [6, 6.07) is 15.6. The maximum Gasteiger partial charge on any atom is 0.276 e. The summed E-state index contributed by atoms with van der Waals surface area (Å²) in [7, 11) is 3.54. The number of methoxy groups -OCH3 is 1. The Morgan fingerprint density at radius 3 is 2.44 bits per heavy atom. The van der Waals surface area contributed by atoms with Gasteiger partial charge in [-0.25, -0.2) is 0 Å². The van der Waals surface area contributed by atoms with Crippen molar-refractivity contribution in [2.45, 2.75) is 25.8 Å². The third-order valence-electron chi connectivity index (χ3n) is 5.53. The van der Waals surface area contributed by atoms with Crippen LogP contribution in [-0.2, 0) is 7.05 Å². The van der Waals surface area contributed by atoms with E-state index in [1.54, 1.807) is 7.11 Å². The highest BCUT2D eigenvalue weighted by Crippen LogP contribution is 2.39. The number of aromatic nitrogens is 1. The van der Waals surface area contributed by atoms with Crippen molar-refractivity contribution in [3.8, 4) is 5.75 Å². The monoisotopic (exact) mass is 382 g/mol. The van der Waals surface area contributed by atoms with Gasteiger partial charge in [0, 0.05) is 29.7 Å². The van der Waals surface area contributed by atoms with E-state index in [0.717, 1.165) is 35.2 Å². The molecule has 0 aliphatic heterocycles. The SMILES string of the molecule is COc1ccc(N(C(=O)c2c(Cl)c3ccccc3n2C)C(C)C2CC2)cc1. The summed E-state index contributed by atoms with van der Waals surface area (Å²) in [4.78, 5) is 15.6. The lowest BCUT2D eigenvalue weighted by Gasteiger charge is -2.30. The lowest BCUT2D eigenvalue weighted by molar-refractivity contribution is 0.0968. The number of benzene rings is 2. The number of amides is 1. The maximum atomic E-state index is 13.7. The topological polar surface area (TPSA) is 34.5 Å². The van der Waals surface area contributed by atoms with Gasteiger partial charge in [-0.05, 0) is 56.0 Å². The van der Waals surface area contributed by atoms with Crippen molar-refractivity contribution in [3.05, 3.63) is 59.2 Å². The molecule has 3 aromatic rings. The largest absolute Gasteiger partial charge is 0.497 e. The van der Waals surface area contributed by atoms with Gasteiger partial charge in [-0.3, -0.25) is 4.79 Å². The van der Waals surface area contributed by atoms with Gasteiger partial charge in [-0.1, -0.05) is 29.8 Å². The van der Waals surface area contributed by atoms with E-state index >= 15 is 0 Å². The van der Waals surface area contributed by atoms with Crippen LogP contribution in [0.25, 0.3) is 10.9 Å². The molecule has 0 radical (unpaired) electrons. The molecule has 0 N–H and O–H groups in total. The Kier molecular flexibility index (Phi) is 4.60. The minimum Gasteiger partial charge on any atom is -0.497 e. The van der Waals surface area contributed by atoms with Gasteiger partial charge in [0.15, 0.2) is 0 Å². The van der Waals surface area contributed by atoms with E-state index in [9.17, 15) is 4.79 Å². The van der Waals surface area contributed by atoms with Crippen molar-refractivity contribution in [2.75, 3.05) is 12.0 Å². The number of hydrogen-bond acceptors (Lipinski definition) is 2. The normalized spacial score (nSPS) is 15.0. The van der Waals surface area contributed by atoms with E-state index in [0.29, 0.717) is 16.6 Å². The number of halogens is 1. The highest BCUT2D eigenvalue weighted by molar-refractivity contribution is 6.39. The van der Waals surface area contributed by atoms with Crippen LogP contribution in [0.2, 0.25) is 5.02 Å². The van der Waals surface area contributed by atoms with Crippen molar-refractivity contribution < 1.29 is 9.53 Å². The number of carbonyl (C=O) groups is 1. The van der Waals surface area contributed by atoms with Gasteiger partial charge in [-0.15, -0.1) is 0 Å². The van der Waals surface area contributed by atoms with Crippen LogP contribution in [0.4, 0.5) is 5.69 Å². The highest BCUT2D eigenvalue weighted by Gasteiger charge is 2.37. The molecule has 1 aromatic heterocycles. The summed E-state index contributed by atoms with van der Waals surface area (Å²) >= 11 is 6.65. The predicted molar refractivity (Wildman–Crippen MR) is 110 cm³/mol. The number of fused-ring (bicyclic) bond motifs is 1. The third-order valence-corrected chi connectivity index (χ3v) is 5.91. The second-order valence-corrected chi connectivity index (χ2v) is 7.57. The molecule has 1 aliphatic carbocycles. The first-order chi connectivity index (χ1) is 13.0. The summed E-state index contributed by atoms with van der Waals surface area (Å²) in [5.41, 5.74) is 2.35. The van der Waals surface area contributed by atoms with E-state index in [-0.39, 0.29) is 11.9 Å². The van der Waals surface area contributed by atoms with Crippen molar-refractivity contribution in [1.82, 2.24) is 4.57 Å². The standard InChI is InChI=1S/C22H23ClN2O2/c1-14(15-8-9-15)25(16-10-12-17(27-3)13-11-16)22(26)21-20(23)18-6-4-5-7-19(18)24(21)2/h4-7,10-15H,8-9H2,1-3H3. The average molecular weight is 383 g/mol. The Bertz CT molecular complexity index is 950. The summed E-state index contributed by atoms with van der Waals surface area (Å²) in [5, 5.41) is 1.42. The highest BCUT2D eigenvalue weighted by atomic mass is 35.5. The Hall–Kier alpha value is -2.46. The predicted octanol–water partition coefficient (Wildman–Crippen LogP) is 5.29. The molecule has 4 rings (SSSR count). The van der Waals surface area contributed by atoms with Crippen LogP contribution >= 0.6 is 11.6 Å². The summed E-state index contributed by atoms with van der Waals surface area (Å²) in [5.74, 6) is 1.24. The number of rotatable bonds is 5. The van der Waals surface area contributed by atoms with Crippen LogP contribution in [0.15, 0.2) is 48.5 Å². The maximum absolute atomic E-state index is 13.7. The molecule has 1 fully saturated rings. The number of ether oxygens (including phenoxy) is 1. The summed E-state index contributed by atoms with van der Waals surface area (Å²) in [6.07, 6.45) is 2.31. The molecule has 5 heteroatoms. The molecule has 1 amide bonds. The van der Waals surface area contributed by atoms with Crippen LogP contribution < -0.4 is 9.64 Å². The van der Waals surface area contributed by atoms with E-state index in [1.165, 1.54) is 0 Å². The molecule has 1 heterocycles. The number of aryl methyl sites for hydroxylation is 1. The van der Waals surface area contributed by atoms with Crippen LogP contribution in [0.1, 0.15) is 30.3 Å². The first-order valence-electron chi connectivity index (χ1n) is 9.23. The quantitative estimate of drug-likeness (QED) is 0.601. The number of nitrogens with zero attached hydrogens (tertiary/aromatic N) is 2. The van der Waals surface area contributed by atoms with Crippen molar-refractivity contribution >= 4 is 34.1 Å². The molecule has 1 unspecified atom stereocenters. The smallest absolute Gasteiger partial charge is 0.276 e. The number of carbonyl (C=O) groups excluding carboxylic acids is 1. The van der Waals surface area contributed by atoms with E-state index < -0.39 is 0 Å². The Morgan fingerprint density at radius 2 is 1.85 bits per heavy atom. The minimum atomic E-state index is -0.0664. The first-order valence-corrected chi connectivity index (χ1v) is 9.61. The molecule has 140 valence electrons. The lowest BCUT2D eigenvalue weighted by Crippen LogP contribution is -2.41. The third kappa shape index (κ3) is 3.08. The number of para-hydroxylation sites is 1. The minimum absolute atomic E-state index is 0.0664. The number of anilines is 1. The number of hydrogen-bond donors (Lipinski definition) is 0. The second-order valence-electron chi connectivity index (χ2n) is 7.19. The Morgan fingerprint density at radius 1 is 1.19 bits per heavy atom. The van der Waals surface area contributed by atoms with Crippen LogP contribution in [0.3, 0.4) is 0 Å². The molecule has 27 heavy (non-hydrogen) atoms. The van der Waals surface area contributed by atoms with Gasteiger partial charge in [0.2, 0.25) is 0 Å². The zero-order chi connectivity index (χ0) is 19.1. The van der Waals surface area contributed by atoms with Crippen molar-refractivity contribution in [1.29, 1.82) is 0 Å². The molecule has 1 aliphatic rings. The molecule has 2 aromatic carbocycles. The fourth-order valence-electron chi connectivity index (χ4n) is 3.77. The zero-order valence-corrected chi connectivity index (χ0v) is 16.5. The average Bonchev–Trinajstić information content (AvgIpc) is 3.50. The van der Waals surface area contributed by atoms with Gasteiger partial charge >= 0.3 is 0 Å². The van der Waals surface area contributed by atoms with Gasteiger partial charge < -0.3 is 14.2 Å². The van der Waals surface area contributed by atoms with Gasteiger partial charge in [0.25, 0.3) is 5.91 Å². The van der Waals surface area contributed by atoms with Crippen molar-refractivity contribution in [2.24, 2.45) is 13.0 Å². The molecule has 0 bridgehead atoms. The van der Waals surface area contributed by atoms with Crippen LogP contribution in [0, 0.1) is 5.92 Å². The van der Waals surface area contributed by atoms with E-state index in [1.807, 2.05) is 65.0 Å². The van der Waals surface area contributed by atoms with Crippen molar-refractivity contribution in [3.63, 3.8) is 0 Å². The van der Waals surface area contributed by atoms with E-state index in [4.69, 9.17) is 16.3 Å². The fraction of sp³-hybridized carbons (Fsp3) is 0.318. The zero-order valence-electron chi connectivity index (χ0n) is 15.8. The first kappa shape index (κ1) is 17.9. The van der Waals surface area contributed by atoms with Gasteiger partial charge in [0.05, 0.1) is 12.1 Å². The molecule has 0 saturated heterocycles. The molecule has 0 spiro atoms.